The Balaban J connectivity index is 2.02. The summed E-state index contributed by atoms with van der Waals surface area (Å²) in [4.78, 5) is 4.18. The molecule has 0 radical (unpaired) electrons. The van der Waals surface area contributed by atoms with E-state index in [4.69, 9.17) is 9.47 Å². The van der Waals surface area contributed by atoms with Crippen molar-refractivity contribution in [3.63, 3.8) is 0 Å². The summed E-state index contributed by atoms with van der Waals surface area (Å²) in [7, 11) is 0. The molecule has 2 aromatic rings. The molecule has 0 saturated carbocycles. The van der Waals surface area contributed by atoms with Crippen molar-refractivity contribution in [3.8, 4) is 11.6 Å². The predicted molar refractivity (Wildman–Crippen MR) is 85.0 cm³/mol. The Kier molecular flexibility index (Phi) is 5.61. The van der Waals surface area contributed by atoms with Crippen LogP contribution in [0.15, 0.2) is 42.6 Å². The van der Waals surface area contributed by atoms with Crippen LogP contribution in [0.4, 0.5) is 0 Å². The minimum Gasteiger partial charge on any atom is -0.486 e. The van der Waals surface area contributed by atoms with Crippen LogP contribution in [0.2, 0.25) is 0 Å². The van der Waals surface area contributed by atoms with Gasteiger partial charge in [0.15, 0.2) is 0 Å². The van der Waals surface area contributed by atoms with Gasteiger partial charge in [-0.2, -0.15) is 0 Å². The van der Waals surface area contributed by atoms with Crippen LogP contribution in [-0.2, 0) is 0 Å². The number of aromatic nitrogens is 1. The maximum absolute atomic E-state index is 6.19. The van der Waals surface area contributed by atoms with E-state index in [9.17, 15) is 0 Å². The Morgan fingerprint density at radius 3 is 2.43 bits per heavy atom. The lowest BCUT2D eigenvalue weighted by Gasteiger charge is -2.21. The summed E-state index contributed by atoms with van der Waals surface area (Å²) < 4.78 is 11.9. The van der Waals surface area contributed by atoms with Crippen LogP contribution < -0.4 is 9.47 Å². The van der Waals surface area contributed by atoms with Crippen LogP contribution in [0.5, 0.6) is 11.6 Å². The molecule has 1 aromatic carbocycles. The summed E-state index contributed by atoms with van der Waals surface area (Å²) in [5.74, 6) is 1.62. The van der Waals surface area contributed by atoms with Gasteiger partial charge in [0, 0.05) is 12.3 Å². The summed E-state index contributed by atoms with van der Waals surface area (Å²) in [6.45, 7) is 6.82. The molecule has 0 fully saturated rings. The van der Waals surface area contributed by atoms with Gasteiger partial charge in [-0.05, 0) is 37.5 Å². The lowest BCUT2D eigenvalue weighted by atomic mass is 10.1. The Morgan fingerprint density at radius 1 is 1.05 bits per heavy atom. The summed E-state index contributed by atoms with van der Waals surface area (Å²) in [6.07, 6.45) is 3.79. The van der Waals surface area contributed by atoms with E-state index in [2.05, 4.69) is 44.0 Å². The molecule has 1 heterocycles. The van der Waals surface area contributed by atoms with Gasteiger partial charge in [-0.25, -0.2) is 4.98 Å². The smallest absolute Gasteiger partial charge is 0.213 e. The van der Waals surface area contributed by atoms with E-state index >= 15 is 0 Å². The predicted octanol–water partition coefficient (Wildman–Crippen LogP) is 4.32. The molecule has 3 nitrogen and oxygen atoms in total. The SMILES string of the molecule is CCCC(COc1ccccn1)Oc1c(C)cccc1C. The van der Waals surface area contributed by atoms with E-state index in [1.807, 2.05) is 18.2 Å². The third-order valence-corrected chi connectivity index (χ3v) is 3.36. The highest BCUT2D eigenvalue weighted by Gasteiger charge is 2.14. The van der Waals surface area contributed by atoms with E-state index in [-0.39, 0.29) is 6.10 Å². The van der Waals surface area contributed by atoms with Crippen molar-refractivity contribution in [2.75, 3.05) is 6.61 Å². The topological polar surface area (TPSA) is 31.4 Å². The van der Waals surface area contributed by atoms with Crippen molar-refractivity contribution in [1.29, 1.82) is 0 Å². The van der Waals surface area contributed by atoms with E-state index in [0.717, 1.165) is 29.7 Å². The van der Waals surface area contributed by atoms with Gasteiger partial charge in [-0.15, -0.1) is 0 Å². The Labute approximate surface area is 126 Å². The molecule has 2 rings (SSSR count). The van der Waals surface area contributed by atoms with Crippen molar-refractivity contribution in [3.05, 3.63) is 53.7 Å². The van der Waals surface area contributed by atoms with Crippen LogP contribution in [0.25, 0.3) is 0 Å². The minimum absolute atomic E-state index is 0.0387. The number of hydrogen-bond acceptors (Lipinski definition) is 3. The molecule has 0 saturated heterocycles. The summed E-state index contributed by atoms with van der Waals surface area (Å²) in [6, 6.07) is 11.9. The lowest BCUT2D eigenvalue weighted by molar-refractivity contribution is 0.116. The first kappa shape index (κ1) is 15.4. The van der Waals surface area contributed by atoms with Crippen molar-refractivity contribution in [2.24, 2.45) is 0 Å². The number of hydrogen-bond donors (Lipinski definition) is 0. The molecule has 1 unspecified atom stereocenters. The largest absolute Gasteiger partial charge is 0.486 e. The average Bonchev–Trinajstić information content (AvgIpc) is 2.49. The average molecular weight is 285 g/mol. The Morgan fingerprint density at radius 2 is 1.81 bits per heavy atom. The van der Waals surface area contributed by atoms with Crippen molar-refractivity contribution in [2.45, 2.75) is 39.7 Å². The maximum Gasteiger partial charge on any atom is 0.213 e. The fourth-order valence-electron chi connectivity index (χ4n) is 2.26. The van der Waals surface area contributed by atoms with Crippen molar-refractivity contribution >= 4 is 0 Å². The second-order valence-electron chi connectivity index (χ2n) is 5.23. The van der Waals surface area contributed by atoms with Gasteiger partial charge >= 0.3 is 0 Å². The fourth-order valence-corrected chi connectivity index (χ4v) is 2.26. The van der Waals surface area contributed by atoms with E-state index in [1.165, 1.54) is 0 Å². The molecule has 1 aromatic heterocycles. The lowest BCUT2D eigenvalue weighted by Crippen LogP contribution is -2.25. The second-order valence-corrected chi connectivity index (χ2v) is 5.23. The molecular formula is C18H23NO2. The van der Waals surface area contributed by atoms with Crippen molar-refractivity contribution in [1.82, 2.24) is 4.98 Å². The van der Waals surface area contributed by atoms with Gasteiger partial charge in [-0.1, -0.05) is 37.6 Å². The molecule has 0 bridgehead atoms. The van der Waals surface area contributed by atoms with Gasteiger partial charge in [0.05, 0.1) is 0 Å². The minimum atomic E-state index is 0.0387. The number of pyridine rings is 1. The number of rotatable bonds is 7. The molecule has 0 aliphatic heterocycles. The highest BCUT2D eigenvalue weighted by Crippen LogP contribution is 2.24. The second kappa shape index (κ2) is 7.67. The number of benzene rings is 1. The molecule has 0 N–H and O–H groups in total. The Bertz CT molecular complexity index is 534. The molecule has 0 spiro atoms. The van der Waals surface area contributed by atoms with Crippen molar-refractivity contribution < 1.29 is 9.47 Å². The maximum atomic E-state index is 6.19. The molecule has 0 aliphatic carbocycles. The molecule has 21 heavy (non-hydrogen) atoms. The molecular weight excluding hydrogens is 262 g/mol. The van der Waals surface area contributed by atoms with Gasteiger partial charge in [0.1, 0.15) is 18.5 Å². The monoisotopic (exact) mass is 285 g/mol. The van der Waals surface area contributed by atoms with Gasteiger partial charge in [-0.3, -0.25) is 0 Å². The number of ether oxygens (including phenoxy) is 2. The zero-order valence-corrected chi connectivity index (χ0v) is 13.0. The summed E-state index contributed by atoms with van der Waals surface area (Å²) in [5.41, 5.74) is 2.32. The quantitative estimate of drug-likeness (QED) is 0.759. The number of nitrogens with zero attached hydrogens (tertiary/aromatic N) is 1. The molecule has 112 valence electrons. The zero-order valence-electron chi connectivity index (χ0n) is 13.0. The highest BCUT2D eigenvalue weighted by molar-refractivity contribution is 5.39. The highest BCUT2D eigenvalue weighted by atomic mass is 16.5. The first-order valence-corrected chi connectivity index (χ1v) is 7.47. The third kappa shape index (κ3) is 4.48. The van der Waals surface area contributed by atoms with Crippen LogP contribution >= 0.6 is 0 Å². The molecule has 1 atom stereocenters. The molecule has 0 amide bonds. The molecule has 0 aliphatic rings. The van der Waals surface area contributed by atoms with Crippen LogP contribution in [0, 0.1) is 13.8 Å². The summed E-state index contributed by atoms with van der Waals surface area (Å²) in [5, 5.41) is 0. The van der Waals surface area contributed by atoms with E-state index < -0.39 is 0 Å². The number of aryl methyl sites for hydroxylation is 2. The van der Waals surface area contributed by atoms with Crippen LogP contribution in [-0.4, -0.2) is 17.7 Å². The van der Waals surface area contributed by atoms with Gasteiger partial charge in [0.25, 0.3) is 0 Å². The van der Waals surface area contributed by atoms with Crippen LogP contribution in [0.1, 0.15) is 30.9 Å². The van der Waals surface area contributed by atoms with Gasteiger partial charge in [0.2, 0.25) is 5.88 Å². The van der Waals surface area contributed by atoms with Crippen LogP contribution in [0.3, 0.4) is 0 Å². The van der Waals surface area contributed by atoms with E-state index in [1.54, 1.807) is 6.20 Å². The van der Waals surface area contributed by atoms with Gasteiger partial charge < -0.3 is 9.47 Å². The number of para-hydroxylation sites is 1. The standard InChI is InChI=1S/C18H23NO2/c1-4-8-16(13-20-17-11-5-6-12-19-17)21-18-14(2)9-7-10-15(18)3/h5-7,9-12,16H,4,8,13H2,1-3H3. The first-order valence-electron chi connectivity index (χ1n) is 7.47. The first-order chi connectivity index (χ1) is 10.2. The molecule has 3 heteroatoms. The fraction of sp³-hybridized carbons (Fsp3) is 0.389. The summed E-state index contributed by atoms with van der Waals surface area (Å²) >= 11 is 0. The van der Waals surface area contributed by atoms with E-state index in [0.29, 0.717) is 12.5 Å². The zero-order chi connectivity index (χ0) is 15.1. The normalized spacial score (nSPS) is 12.0. The third-order valence-electron chi connectivity index (χ3n) is 3.36. The Hall–Kier alpha value is -2.03.